The van der Waals surface area contributed by atoms with E-state index < -0.39 is 0 Å². The van der Waals surface area contributed by atoms with Gasteiger partial charge in [-0.25, -0.2) is 0 Å². The largest absolute Gasteiger partial charge is 0.0738 e. The van der Waals surface area contributed by atoms with Gasteiger partial charge >= 0.3 is 0 Å². The molecule has 1 saturated carbocycles. The SMILES string of the molecule is CCC1=CC2C(=C1)C(C)(C)CC2C. The van der Waals surface area contributed by atoms with E-state index in [1.54, 1.807) is 11.1 Å². The molecule has 0 saturated heterocycles. The van der Waals surface area contributed by atoms with E-state index in [9.17, 15) is 0 Å². The summed E-state index contributed by atoms with van der Waals surface area (Å²) in [5, 5.41) is 0. The Bertz CT molecular complexity index is 278. The van der Waals surface area contributed by atoms with Crippen molar-refractivity contribution in [3.63, 3.8) is 0 Å². The summed E-state index contributed by atoms with van der Waals surface area (Å²) < 4.78 is 0. The zero-order chi connectivity index (χ0) is 9.64. The van der Waals surface area contributed by atoms with Crippen molar-refractivity contribution >= 4 is 0 Å². The number of allylic oxidation sites excluding steroid dienone is 4. The first-order valence-electron chi connectivity index (χ1n) is 5.47. The summed E-state index contributed by atoms with van der Waals surface area (Å²) in [6, 6.07) is 0. The molecule has 0 radical (unpaired) electrons. The summed E-state index contributed by atoms with van der Waals surface area (Å²) in [7, 11) is 0. The van der Waals surface area contributed by atoms with Gasteiger partial charge in [-0.3, -0.25) is 0 Å². The highest BCUT2D eigenvalue weighted by Crippen LogP contribution is 2.53. The molecule has 0 aromatic carbocycles. The Morgan fingerprint density at radius 2 is 2.15 bits per heavy atom. The van der Waals surface area contributed by atoms with Gasteiger partial charge in [0.05, 0.1) is 0 Å². The van der Waals surface area contributed by atoms with Crippen LogP contribution < -0.4 is 0 Å². The maximum atomic E-state index is 2.49. The molecule has 0 spiro atoms. The van der Waals surface area contributed by atoms with Crippen LogP contribution in [-0.4, -0.2) is 0 Å². The van der Waals surface area contributed by atoms with Crippen molar-refractivity contribution in [2.75, 3.05) is 0 Å². The lowest BCUT2D eigenvalue weighted by Crippen LogP contribution is -2.08. The average molecular weight is 176 g/mol. The van der Waals surface area contributed by atoms with E-state index >= 15 is 0 Å². The van der Waals surface area contributed by atoms with Gasteiger partial charge in [0.2, 0.25) is 0 Å². The average Bonchev–Trinajstić information content (AvgIpc) is 2.53. The van der Waals surface area contributed by atoms with Crippen molar-refractivity contribution in [3.8, 4) is 0 Å². The molecule has 0 heteroatoms. The second kappa shape index (κ2) is 2.73. The lowest BCUT2D eigenvalue weighted by atomic mass is 9.86. The van der Waals surface area contributed by atoms with Gasteiger partial charge in [-0.2, -0.15) is 0 Å². The highest BCUT2D eigenvalue weighted by atomic mass is 14.5. The Morgan fingerprint density at radius 3 is 2.69 bits per heavy atom. The van der Waals surface area contributed by atoms with Gasteiger partial charge in [0.1, 0.15) is 0 Å². The third-order valence-corrected chi connectivity index (χ3v) is 3.73. The first kappa shape index (κ1) is 9.05. The van der Waals surface area contributed by atoms with Crippen molar-refractivity contribution in [1.82, 2.24) is 0 Å². The molecule has 2 unspecified atom stereocenters. The second-order valence-corrected chi connectivity index (χ2v) is 5.29. The number of fused-ring (bicyclic) bond motifs is 1. The quantitative estimate of drug-likeness (QED) is 0.567. The van der Waals surface area contributed by atoms with Crippen LogP contribution in [0.5, 0.6) is 0 Å². The van der Waals surface area contributed by atoms with Crippen LogP contribution in [0.25, 0.3) is 0 Å². The lowest BCUT2D eigenvalue weighted by molar-refractivity contribution is 0.412. The van der Waals surface area contributed by atoms with Crippen LogP contribution in [0.3, 0.4) is 0 Å². The molecule has 2 aliphatic carbocycles. The molecule has 72 valence electrons. The van der Waals surface area contributed by atoms with Crippen molar-refractivity contribution in [2.45, 2.75) is 40.5 Å². The van der Waals surface area contributed by atoms with Crippen LogP contribution in [0.4, 0.5) is 0 Å². The summed E-state index contributed by atoms with van der Waals surface area (Å²) in [5.74, 6) is 1.62. The van der Waals surface area contributed by atoms with Crippen LogP contribution in [0.15, 0.2) is 23.3 Å². The highest BCUT2D eigenvalue weighted by molar-refractivity contribution is 5.41. The molecule has 0 heterocycles. The van der Waals surface area contributed by atoms with Crippen molar-refractivity contribution in [1.29, 1.82) is 0 Å². The van der Waals surface area contributed by atoms with Crippen molar-refractivity contribution < 1.29 is 0 Å². The molecule has 13 heavy (non-hydrogen) atoms. The Kier molecular flexibility index (Phi) is 1.90. The van der Waals surface area contributed by atoms with Gasteiger partial charge < -0.3 is 0 Å². The van der Waals surface area contributed by atoms with Crippen LogP contribution in [-0.2, 0) is 0 Å². The predicted molar refractivity (Wildman–Crippen MR) is 57.5 cm³/mol. The molecule has 2 atom stereocenters. The Morgan fingerprint density at radius 1 is 1.46 bits per heavy atom. The Balaban J connectivity index is 2.33. The third kappa shape index (κ3) is 1.27. The number of hydrogen-bond donors (Lipinski definition) is 0. The van der Waals surface area contributed by atoms with E-state index in [4.69, 9.17) is 0 Å². The standard InChI is InChI=1S/C13H20/c1-5-10-6-11-9(2)8-13(3,4)12(11)7-10/h6-7,9,11H,5,8H2,1-4H3. The summed E-state index contributed by atoms with van der Waals surface area (Å²) >= 11 is 0. The molecule has 0 N–H and O–H groups in total. The maximum Gasteiger partial charge on any atom is 0.00171 e. The van der Waals surface area contributed by atoms with E-state index in [1.165, 1.54) is 12.8 Å². The van der Waals surface area contributed by atoms with Crippen LogP contribution >= 0.6 is 0 Å². The van der Waals surface area contributed by atoms with Crippen molar-refractivity contribution in [2.24, 2.45) is 17.3 Å². The Hall–Kier alpha value is -0.520. The summed E-state index contributed by atoms with van der Waals surface area (Å²) in [6.07, 6.45) is 7.50. The first-order valence-corrected chi connectivity index (χ1v) is 5.47. The molecular formula is C13H20. The van der Waals surface area contributed by atoms with E-state index in [2.05, 4.69) is 39.8 Å². The normalized spacial score (nSPS) is 35.7. The molecule has 0 aromatic rings. The lowest BCUT2D eigenvalue weighted by Gasteiger charge is -2.19. The fourth-order valence-electron chi connectivity index (χ4n) is 3.05. The molecule has 0 nitrogen and oxygen atoms in total. The van der Waals surface area contributed by atoms with E-state index in [1.807, 2.05) is 0 Å². The summed E-state index contributed by atoms with van der Waals surface area (Å²) in [5.41, 5.74) is 3.70. The van der Waals surface area contributed by atoms with Crippen LogP contribution in [0, 0.1) is 17.3 Å². The van der Waals surface area contributed by atoms with Crippen molar-refractivity contribution in [3.05, 3.63) is 23.3 Å². The molecule has 0 amide bonds. The first-order chi connectivity index (χ1) is 6.04. The molecule has 0 aliphatic heterocycles. The minimum Gasteiger partial charge on any atom is -0.0738 e. The van der Waals surface area contributed by atoms with E-state index in [-0.39, 0.29) is 0 Å². The number of rotatable bonds is 1. The van der Waals surface area contributed by atoms with Gasteiger partial charge in [0, 0.05) is 5.92 Å². The zero-order valence-electron chi connectivity index (χ0n) is 9.22. The monoisotopic (exact) mass is 176 g/mol. The molecule has 2 rings (SSSR count). The minimum absolute atomic E-state index is 0.456. The van der Waals surface area contributed by atoms with Gasteiger partial charge in [-0.15, -0.1) is 0 Å². The summed E-state index contributed by atoms with van der Waals surface area (Å²) in [4.78, 5) is 0. The maximum absolute atomic E-state index is 2.49. The van der Waals surface area contributed by atoms with Gasteiger partial charge in [0.25, 0.3) is 0 Å². The van der Waals surface area contributed by atoms with Gasteiger partial charge in [-0.05, 0) is 24.2 Å². The van der Waals surface area contributed by atoms with E-state index in [0.29, 0.717) is 5.41 Å². The van der Waals surface area contributed by atoms with Gasteiger partial charge in [-0.1, -0.05) is 51.0 Å². The smallest absolute Gasteiger partial charge is 0.00171 e. The molecule has 2 aliphatic rings. The molecule has 0 bridgehead atoms. The minimum atomic E-state index is 0.456. The van der Waals surface area contributed by atoms with Crippen LogP contribution in [0.2, 0.25) is 0 Å². The highest BCUT2D eigenvalue weighted by Gasteiger charge is 2.42. The molecular weight excluding hydrogens is 156 g/mol. The molecule has 0 aromatic heterocycles. The fraction of sp³-hybridized carbons (Fsp3) is 0.692. The third-order valence-electron chi connectivity index (χ3n) is 3.73. The van der Waals surface area contributed by atoms with Gasteiger partial charge in [0.15, 0.2) is 0 Å². The zero-order valence-corrected chi connectivity index (χ0v) is 9.22. The van der Waals surface area contributed by atoms with E-state index in [0.717, 1.165) is 11.8 Å². The summed E-state index contributed by atoms with van der Waals surface area (Å²) in [6.45, 7) is 9.42. The fourth-order valence-corrected chi connectivity index (χ4v) is 3.05. The Labute approximate surface area is 81.7 Å². The second-order valence-electron chi connectivity index (χ2n) is 5.29. The predicted octanol–water partition coefficient (Wildman–Crippen LogP) is 3.95. The van der Waals surface area contributed by atoms with Crippen LogP contribution in [0.1, 0.15) is 40.5 Å². The number of hydrogen-bond acceptors (Lipinski definition) is 0. The molecule has 1 fully saturated rings. The topological polar surface area (TPSA) is 0 Å².